The van der Waals surface area contributed by atoms with Crippen molar-refractivity contribution in [2.24, 2.45) is 0 Å². The number of rotatable bonds is 6. The van der Waals surface area contributed by atoms with Crippen LogP contribution in [0.25, 0.3) is 0 Å². The standard InChI is InChI=1S/C14H13F2NO3S/c15-14(16)20-11-3-1-9(2-4-11)13(19)17-7-12(18)10-5-6-21-8-10/h1-6,8,12,14,18H,7H2,(H,17,19). The monoisotopic (exact) mass is 313 g/mol. The predicted octanol–water partition coefficient (Wildman–Crippen LogP) is 2.81. The summed E-state index contributed by atoms with van der Waals surface area (Å²) in [7, 11) is 0. The van der Waals surface area contributed by atoms with Crippen molar-refractivity contribution in [1.29, 1.82) is 0 Å². The molecule has 2 rings (SSSR count). The molecule has 7 heteroatoms. The fourth-order valence-electron chi connectivity index (χ4n) is 1.66. The first kappa shape index (κ1) is 15.4. The van der Waals surface area contributed by atoms with Crippen LogP contribution in [0.4, 0.5) is 8.78 Å². The van der Waals surface area contributed by atoms with E-state index < -0.39 is 18.6 Å². The smallest absolute Gasteiger partial charge is 0.387 e. The molecule has 1 unspecified atom stereocenters. The number of alkyl halides is 2. The molecule has 2 aromatic rings. The maximum atomic E-state index is 12.0. The lowest BCUT2D eigenvalue weighted by Gasteiger charge is -2.11. The van der Waals surface area contributed by atoms with Gasteiger partial charge in [0.05, 0.1) is 6.10 Å². The van der Waals surface area contributed by atoms with Gasteiger partial charge in [-0.25, -0.2) is 0 Å². The van der Waals surface area contributed by atoms with Crippen molar-refractivity contribution in [3.8, 4) is 5.75 Å². The first-order valence-electron chi connectivity index (χ1n) is 6.09. The Kier molecular flexibility index (Phi) is 5.24. The molecule has 0 saturated carbocycles. The second kappa shape index (κ2) is 7.14. The Morgan fingerprint density at radius 3 is 2.57 bits per heavy atom. The van der Waals surface area contributed by atoms with Gasteiger partial charge in [0.15, 0.2) is 0 Å². The molecule has 2 N–H and O–H groups in total. The number of hydrogen-bond acceptors (Lipinski definition) is 4. The summed E-state index contributed by atoms with van der Waals surface area (Å²) in [6.07, 6.45) is -0.776. The van der Waals surface area contributed by atoms with Gasteiger partial charge in [-0.2, -0.15) is 20.1 Å². The predicted molar refractivity (Wildman–Crippen MR) is 74.7 cm³/mol. The molecule has 0 saturated heterocycles. The van der Waals surface area contributed by atoms with Gasteiger partial charge in [0, 0.05) is 12.1 Å². The Morgan fingerprint density at radius 1 is 1.29 bits per heavy atom. The van der Waals surface area contributed by atoms with Gasteiger partial charge in [-0.15, -0.1) is 0 Å². The van der Waals surface area contributed by atoms with Crippen molar-refractivity contribution in [3.05, 3.63) is 52.2 Å². The summed E-state index contributed by atoms with van der Waals surface area (Å²) in [6, 6.07) is 7.11. The third kappa shape index (κ3) is 4.51. The molecule has 0 aliphatic carbocycles. The van der Waals surface area contributed by atoms with Crippen molar-refractivity contribution >= 4 is 17.2 Å². The lowest BCUT2D eigenvalue weighted by Crippen LogP contribution is -2.28. The van der Waals surface area contributed by atoms with E-state index in [1.807, 2.05) is 5.38 Å². The van der Waals surface area contributed by atoms with Crippen LogP contribution in [-0.4, -0.2) is 24.2 Å². The van der Waals surface area contributed by atoms with E-state index in [9.17, 15) is 18.7 Å². The van der Waals surface area contributed by atoms with E-state index in [1.165, 1.54) is 35.6 Å². The number of amides is 1. The van der Waals surface area contributed by atoms with Crippen LogP contribution < -0.4 is 10.1 Å². The lowest BCUT2D eigenvalue weighted by atomic mass is 10.1. The SMILES string of the molecule is O=C(NCC(O)c1ccsc1)c1ccc(OC(F)F)cc1. The summed E-state index contributed by atoms with van der Waals surface area (Å²) in [6.45, 7) is -2.82. The molecule has 1 aromatic carbocycles. The van der Waals surface area contributed by atoms with Crippen molar-refractivity contribution in [3.63, 3.8) is 0 Å². The average molecular weight is 313 g/mol. The number of hydrogen-bond donors (Lipinski definition) is 2. The fraction of sp³-hybridized carbons (Fsp3) is 0.214. The molecule has 1 aromatic heterocycles. The normalized spacial score (nSPS) is 12.2. The van der Waals surface area contributed by atoms with Crippen LogP contribution in [-0.2, 0) is 0 Å². The molecule has 1 heterocycles. The summed E-state index contributed by atoms with van der Waals surface area (Å²) in [4.78, 5) is 11.8. The van der Waals surface area contributed by atoms with E-state index in [0.717, 1.165) is 5.56 Å². The van der Waals surface area contributed by atoms with Gasteiger partial charge in [-0.1, -0.05) is 0 Å². The highest BCUT2D eigenvalue weighted by Gasteiger charge is 2.11. The van der Waals surface area contributed by atoms with Gasteiger partial charge < -0.3 is 15.2 Å². The van der Waals surface area contributed by atoms with Gasteiger partial charge in [-0.3, -0.25) is 4.79 Å². The Bertz CT molecular complexity index is 572. The van der Waals surface area contributed by atoms with Crippen molar-refractivity contribution in [2.75, 3.05) is 6.54 Å². The lowest BCUT2D eigenvalue weighted by molar-refractivity contribution is -0.0498. The summed E-state index contributed by atoms with van der Waals surface area (Å²) in [5.74, 6) is -0.410. The highest BCUT2D eigenvalue weighted by Crippen LogP contribution is 2.16. The first-order valence-corrected chi connectivity index (χ1v) is 7.04. The number of benzene rings is 1. The third-order valence-corrected chi connectivity index (χ3v) is 3.43. The molecule has 0 aliphatic rings. The molecular formula is C14H13F2NO3S. The van der Waals surface area contributed by atoms with Gasteiger partial charge >= 0.3 is 6.61 Å². The number of aliphatic hydroxyl groups excluding tert-OH is 1. The molecule has 4 nitrogen and oxygen atoms in total. The molecule has 0 radical (unpaired) electrons. The minimum absolute atomic E-state index is 0.0140. The third-order valence-electron chi connectivity index (χ3n) is 2.73. The zero-order valence-corrected chi connectivity index (χ0v) is 11.6. The molecule has 112 valence electrons. The molecule has 21 heavy (non-hydrogen) atoms. The number of ether oxygens (including phenoxy) is 1. The van der Waals surface area contributed by atoms with Crippen LogP contribution >= 0.6 is 11.3 Å². The largest absolute Gasteiger partial charge is 0.435 e. The van der Waals surface area contributed by atoms with E-state index in [4.69, 9.17) is 0 Å². The maximum Gasteiger partial charge on any atom is 0.387 e. The van der Waals surface area contributed by atoms with E-state index in [-0.39, 0.29) is 12.3 Å². The Hall–Kier alpha value is -1.99. The van der Waals surface area contributed by atoms with E-state index in [0.29, 0.717) is 5.56 Å². The molecular weight excluding hydrogens is 300 g/mol. The highest BCUT2D eigenvalue weighted by atomic mass is 32.1. The van der Waals surface area contributed by atoms with Crippen molar-refractivity contribution < 1.29 is 23.4 Å². The first-order chi connectivity index (χ1) is 10.1. The maximum absolute atomic E-state index is 12.0. The fourth-order valence-corrected chi connectivity index (χ4v) is 2.37. The second-order valence-corrected chi connectivity index (χ2v) is 4.97. The Labute approximate surface area is 124 Å². The summed E-state index contributed by atoms with van der Waals surface area (Å²) in [5.41, 5.74) is 1.04. The summed E-state index contributed by atoms with van der Waals surface area (Å²) in [5, 5.41) is 16.0. The van der Waals surface area contributed by atoms with Crippen LogP contribution in [0.3, 0.4) is 0 Å². The van der Waals surface area contributed by atoms with Gasteiger partial charge in [0.2, 0.25) is 0 Å². The number of carbonyl (C=O) groups excluding carboxylic acids is 1. The number of halogens is 2. The van der Waals surface area contributed by atoms with Gasteiger partial charge in [0.25, 0.3) is 5.91 Å². The Balaban J connectivity index is 1.88. The zero-order valence-electron chi connectivity index (χ0n) is 10.8. The highest BCUT2D eigenvalue weighted by molar-refractivity contribution is 7.07. The van der Waals surface area contributed by atoms with Crippen molar-refractivity contribution in [1.82, 2.24) is 5.32 Å². The quantitative estimate of drug-likeness (QED) is 0.862. The molecule has 1 amide bonds. The van der Waals surface area contributed by atoms with Crippen LogP contribution in [0.2, 0.25) is 0 Å². The summed E-state index contributed by atoms with van der Waals surface area (Å²) < 4.78 is 28.2. The van der Waals surface area contributed by atoms with Gasteiger partial charge in [-0.05, 0) is 46.7 Å². The van der Waals surface area contributed by atoms with Crippen molar-refractivity contribution in [2.45, 2.75) is 12.7 Å². The average Bonchev–Trinajstić information content (AvgIpc) is 2.99. The number of carbonyl (C=O) groups is 1. The van der Waals surface area contributed by atoms with Crippen LogP contribution in [0.5, 0.6) is 5.75 Å². The molecule has 0 spiro atoms. The van der Waals surface area contributed by atoms with Gasteiger partial charge in [0.1, 0.15) is 5.75 Å². The van der Waals surface area contributed by atoms with Crippen LogP contribution in [0.15, 0.2) is 41.1 Å². The second-order valence-electron chi connectivity index (χ2n) is 4.19. The Morgan fingerprint density at radius 2 is 2.00 bits per heavy atom. The topological polar surface area (TPSA) is 58.6 Å². The zero-order chi connectivity index (χ0) is 15.2. The van der Waals surface area contributed by atoms with E-state index in [2.05, 4.69) is 10.1 Å². The van der Waals surface area contributed by atoms with Crippen LogP contribution in [0, 0.1) is 0 Å². The molecule has 0 aliphatic heterocycles. The summed E-state index contributed by atoms with van der Waals surface area (Å²) >= 11 is 1.46. The molecule has 0 bridgehead atoms. The van der Waals surface area contributed by atoms with Crippen LogP contribution in [0.1, 0.15) is 22.0 Å². The number of thiophene rings is 1. The van der Waals surface area contributed by atoms with E-state index >= 15 is 0 Å². The number of aliphatic hydroxyl groups is 1. The number of nitrogens with one attached hydrogen (secondary N) is 1. The molecule has 1 atom stereocenters. The van der Waals surface area contributed by atoms with E-state index in [1.54, 1.807) is 11.4 Å². The minimum Gasteiger partial charge on any atom is -0.435 e. The molecule has 0 fully saturated rings. The minimum atomic E-state index is -2.90.